The van der Waals surface area contributed by atoms with Crippen molar-refractivity contribution in [2.45, 2.75) is 32.7 Å². The van der Waals surface area contributed by atoms with E-state index in [9.17, 15) is 14.4 Å². The molecule has 0 N–H and O–H groups in total. The summed E-state index contributed by atoms with van der Waals surface area (Å²) in [6, 6.07) is 14.8. The summed E-state index contributed by atoms with van der Waals surface area (Å²) >= 11 is 0. The second kappa shape index (κ2) is 8.07. The molecule has 0 radical (unpaired) electrons. The first-order valence-corrected chi connectivity index (χ1v) is 10.5. The number of carbonyl (C=O) groups excluding carboxylic acids is 2. The summed E-state index contributed by atoms with van der Waals surface area (Å²) < 4.78 is 6.52. The normalized spacial score (nSPS) is 15.8. The highest BCUT2D eigenvalue weighted by Crippen LogP contribution is 2.46. The van der Waals surface area contributed by atoms with Crippen LogP contribution in [0.2, 0.25) is 0 Å². The molecule has 164 valence electrons. The molecule has 0 saturated heterocycles. The number of rotatable bonds is 5. The first-order chi connectivity index (χ1) is 15.3. The molecule has 0 atom stereocenters. The van der Waals surface area contributed by atoms with Gasteiger partial charge in [0.1, 0.15) is 0 Å². The van der Waals surface area contributed by atoms with Crippen LogP contribution in [0.5, 0.6) is 0 Å². The summed E-state index contributed by atoms with van der Waals surface area (Å²) in [6.45, 7) is 5.79. The molecule has 1 aliphatic heterocycles. The van der Waals surface area contributed by atoms with E-state index < -0.39 is 12.6 Å². The van der Waals surface area contributed by atoms with Gasteiger partial charge in [0.2, 0.25) is 0 Å². The van der Waals surface area contributed by atoms with Gasteiger partial charge in [0.15, 0.2) is 18.1 Å². The number of aromatic nitrogens is 2. The molecule has 0 saturated carbocycles. The molecule has 4 rings (SSSR count). The number of hydrogen-bond donors (Lipinski definition) is 0. The third kappa shape index (κ3) is 3.49. The largest absolute Gasteiger partial charge is 0.453 e. The number of likely N-dealkylation sites (N-methyl/N-ethyl adjacent to an activating group) is 1. The molecule has 1 aliphatic rings. The highest BCUT2D eigenvalue weighted by atomic mass is 16.5. The number of ketones is 1. The Morgan fingerprint density at radius 2 is 1.72 bits per heavy atom. The van der Waals surface area contributed by atoms with E-state index in [2.05, 4.69) is 25.0 Å². The number of anilines is 1. The predicted octanol–water partition coefficient (Wildman–Crippen LogP) is 3.45. The van der Waals surface area contributed by atoms with Gasteiger partial charge in [0.25, 0.3) is 5.56 Å². The number of hydrogen-bond acceptors (Lipinski definition) is 6. The summed E-state index contributed by atoms with van der Waals surface area (Å²) in [6.07, 6.45) is 1.53. The van der Waals surface area contributed by atoms with Gasteiger partial charge in [-0.1, -0.05) is 50.2 Å². The van der Waals surface area contributed by atoms with Gasteiger partial charge >= 0.3 is 5.97 Å². The Morgan fingerprint density at radius 1 is 1.06 bits per heavy atom. The number of aryl methyl sites for hydroxylation is 1. The number of benzene rings is 2. The zero-order chi connectivity index (χ0) is 23.0. The average molecular weight is 431 g/mol. The SMILES string of the molecule is CCn1nc(C(=O)OCC(=O)/C=C2/N(C)c3ccccc3C2(C)C)c2ccccc2c1=O. The van der Waals surface area contributed by atoms with Crippen molar-refractivity contribution in [1.82, 2.24) is 9.78 Å². The maximum absolute atomic E-state index is 12.8. The lowest BCUT2D eigenvalue weighted by Crippen LogP contribution is -2.27. The van der Waals surface area contributed by atoms with Crippen molar-refractivity contribution in [3.8, 4) is 0 Å². The van der Waals surface area contributed by atoms with Crippen molar-refractivity contribution in [2.24, 2.45) is 0 Å². The van der Waals surface area contributed by atoms with E-state index in [-0.39, 0.29) is 22.5 Å². The van der Waals surface area contributed by atoms with Crippen molar-refractivity contribution in [2.75, 3.05) is 18.6 Å². The van der Waals surface area contributed by atoms with Crippen LogP contribution in [0.4, 0.5) is 5.69 Å². The molecule has 1 aromatic heterocycles. The molecule has 2 aromatic carbocycles. The molecule has 0 aliphatic carbocycles. The lowest BCUT2D eigenvalue weighted by atomic mass is 9.83. The van der Waals surface area contributed by atoms with E-state index in [0.29, 0.717) is 17.3 Å². The van der Waals surface area contributed by atoms with E-state index in [1.54, 1.807) is 31.2 Å². The maximum atomic E-state index is 12.8. The quantitative estimate of drug-likeness (QED) is 0.455. The van der Waals surface area contributed by atoms with E-state index in [0.717, 1.165) is 16.9 Å². The molecule has 0 unspecified atom stereocenters. The van der Waals surface area contributed by atoms with Gasteiger partial charge in [0.05, 0.1) is 5.39 Å². The molecule has 0 spiro atoms. The highest BCUT2D eigenvalue weighted by molar-refractivity contribution is 6.03. The summed E-state index contributed by atoms with van der Waals surface area (Å²) in [7, 11) is 1.92. The van der Waals surface area contributed by atoms with Crippen LogP contribution in [0.3, 0.4) is 0 Å². The summed E-state index contributed by atoms with van der Waals surface area (Å²) in [5.74, 6) is -1.06. The second-order valence-corrected chi connectivity index (χ2v) is 8.29. The molecule has 0 fully saturated rings. The average Bonchev–Trinajstić information content (AvgIpc) is 2.99. The van der Waals surface area contributed by atoms with E-state index >= 15 is 0 Å². The van der Waals surface area contributed by atoms with Crippen LogP contribution in [0.15, 0.2) is 65.1 Å². The Balaban J connectivity index is 1.57. The number of carbonyl (C=O) groups is 2. The number of allylic oxidation sites excluding steroid dienone is 1. The Kier molecular flexibility index (Phi) is 5.42. The van der Waals surface area contributed by atoms with Crippen molar-refractivity contribution in [3.63, 3.8) is 0 Å². The van der Waals surface area contributed by atoms with Crippen molar-refractivity contribution in [1.29, 1.82) is 0 Å². The maximum Gasteiger partial charge on any atom is 0.359 e. The van der Waals surface area contributed by atoms with Gasteiger partial charge in [0, 0.05) is 41.9 Å². The number of para-hydroxylation sites is 1. The monoisotopic (exact) mass is 431 g/mol. The van der Waals surface area contributed by atoms with E-state index in [4.69, 9.17) is 4.74 Å². The van der Waals surface area contributed by atoms with Gasteiger partial charge in [-0.3, -0.25) is 9.59 Å². The van der Waals surface area contributed by atoms with Crippen LogP contribution in [-0.2, 0) is 21.5 Å². The van der Waals surface area contributed by atoms with Crippen LogP contribution in [0.25, 0.3) is 10.8 Å². The molecular formula is C25H25N3O4. The Morgan fingerprint density at radius 3 is 2.41 bits per heavy atom. The van der Waals surface area contributed by atoms with E-state index in [1.807, 2.05) is 30.1 Å². The molecule has 32 heavy (non-hydrogen) atoms. The van der Waals surface area contributed by atoms with Crippen LogP contribution in [-0.4, -0.2) is 35.2 Å². The molecule has 0 bridgehead atoms. The third-order valence-corrected chi connectivity index (χ3v) is 5.94. The second-order valence-electron chi connectivity index (χ2n) is 8.29. The number of esters is 1. The van der Waals surface area contributed by atoms with Crippen molar-refractivity contribution in [3.05, 3.63) is 81.9 Å². The Hall–Kier alpha value is -3.74. The van der Waals surface area contributed by atoms with Gasteiger partial charge in [-0.2, -0.15) is 5.10 Å². The van der Waals surface area contributed by atoms with Crippen molar-refractivity contribution < 1.29 is 14.3 Å². The fourth-order valence-corrected chi connectivity index (χ4v) is 4.26. The van der Waals surface area contributed by atoms with Crippen LogP contribution in [0, 0.1) is 0 Å². The predicted molar refractivity (Wildman–Crippen MR) is 123 cm³/mol. The third-order valence-electron chi connectivity index (χ3n) is 5.94. The highest BCUT2D eigenvalue weighted by Gasteiger charge is 2.38. The molecule has 3 aromatic rings. The van der Waals surface area contributed by atoms with E-state index in [1.165, 1.54) is 10.8 Å². The van der Waals surface area contributed by atoms with Crippen LogP contribution >= 0.6 is 0 Å². The number of ether oxygens (including phenoxy) is 1. The first-order valence-electron chi connectivity index (χ1n) is 10.5. The molecular weight excluding hydrogens is 406 g/mol. The number of nitrogens with zero attached hydrogens (tertiary/aromatic N) is 3. The Bertz CT molecular complexity index is 1320. The van der Waals surface area contributed by atoms with Crippen LogP contribution < -0.4 is 10.5 Å². The smallest absolute Gasteiger partial charge is 0.359 e. The van der Waals surface area contributed by atoms with Crippen molar-refractivity contribution >= 4 is 28.2 Å². The minimum absolute atomic E-state index is 0.0215. The minimum atomic E-state index is -0.738. The zero-order valence-corrected chi connectivity index (χ0v) is 18.6. The fourth-order valence-electron chi connectivity index (χ4n) is 4.26. The minimum Gasteiger partial charge on any atom is -0.453 e. The lowest BCUT2D eigenvalue weighted by Gasteiger charge is -2.23. The fraction of sp³-hybridized carbons (Fsp3) is 0.280. The zero-order valence-electron chi connectivity index (χ0n) is 18.6. The molecule has 0 amide bonds. The summed E-state index contributed by atoms with van der Waals surface area (Å²) in [5, 5.41) is 4.95. The topological polar surface area (TPSA) is 81.5 Å². The van der Waals surface area contributed by atoms with Gasteiger partial charge < -0.3 is 9.64 Å². The Labute approximate surface area is 185 Å². The first kappa shape index (κ1) is 21.5. The summed E-state index contributed by atoms with van der Waals surface area (Å²) in [5.41, 5.74) is 2.42. The van der Waals surface area contributed by atoms with Gasteiger partial charge in [-0.25, -0.2) is 9.48 Å². The van der Waals surface area contributed by atoms with Gasteiger partial charge in [-0.15, -0.1) is 0 Å². The summed E-state index contributed by atoms with van der Waals surface area (Å²) in [4.78, 5) is 39.9. The number of fused-ring (bicyclic) bond motifs is 2. The van der Waals surface area contributed by atoms with Gasteiger partial charge in [-0.05, 0) is 24.6 Å². The molecule has 7 heteroatoms. The molecule has 7 nitrogen and oxygen atoms in total. The lowest BCUT2D eigenvalue weighted by molar-refractivity contribution is -0.117. The van der Waals surface area contributed by atoms with Crippen LogP contribution in [0.1, 0.15) is 36.8 Å². The molecule has 2 heterocycles. The standard InChI is InChI=1S/C25H25N3O4/c1-5-28-23(30)18-11-7-6-10-17(18)22(26-28)24(31)32-15-16(29)14-21-25(2,3)19-12-8-9-13-20(19)27(21)4/h6-14H,5,15H2,1-4H3/b21-14+.